The SMILES string of the molecule is CO/C=C(/C(=O)OC)c1ccccc1COc1nn(CC(C)C)c(Cl)c1C(F)(F)F. The summed E-state index contributed by atoms with van der Waals surface area (Å²) in [6.07, 6.45) is -3.55. The second-order valence-corrected chi connectivity index (χ2v) is 7.11. The van der Waals surface area contributed by atoms with Crippen molar-refractivity contribution in [2.75, 3.05) is 14.2 Å². The number of carbonyl (C=O) groups is 1. The summed E-state index contributed by atoms with van der Waals surface area (Å²) in [6.45, 7) is 3.58. The minimum absolute atomic E-state index is 0.0267. The van der Waals surface area contributed by atoms with Crippen molar-refractivity contribution in [3.63, 3.8) is 0 Å². The minimum Gasteiger partial charge on any atom is -0.503 e. The summed E-state index contributed by atoms with van der Waals surface area (Å²) in [5.41, 5.74) is -0.206. The summed E-state index contributed by atoms with van der Waals surface area (Å²) >= 11 is 5.94. The maximum atomic E-state index is 13.5. The minimum atomic E-state index is -4.74. The average Bonchev–Trinajstić information content (AvgIpc) is 2.99. The van der Waals surface area contributed by atoms with Crippen LogP contribution in [0.25, 0.3) is 5.57 Å². The van der Waals surface area contributed by atoms with Gasteiger partial charge in [0.1, 0.15) is 17.3 Å². The van der Waals surface area contributed by atoms with Crippen molar-refractivity contribution >= 4 is 23.1 Å². The molecule has 164 valence electrons. The van der Waals surface area contributed by atoms with Gasteiger partial charge in [-0.25, -0.2) is 9.48 Å². The van der Waals surface area contributed by atoms with Gasteiger partial charge in [0.15, 0.2) is 5.56 Å². The van der Waals surface area contributed by atoms with Crippen molar-refractivity contribution in [3.8, 4) is 5.88 Å². The van der Waals surface area contributed by atoms with Gasteiger partial charge in [0.25, 0.3) is 0 Å². The molecule has 0 saturated heterocycles. The number of nitrogens with zero attached hydrogens (tertiary/aromatic N) is 2. The van der Waals surface area contributed by atoms with Gasteiger partial charge in [0, 0.05) is 6.54 Å². The van der Waals surface area contributed by atoms with Crippen LogP contribution in [-0.4, -0.2) is 30.0 Å². The molecule has 10 heteroatoms. The van der Waals surface area contributed by atoms with Crippen molar-refractivity contribution in [1.82, 2.24) is 9.78 Å². The lowest BCUT2D eigenvalue weighted by molar-refractivity contribution is -0.139. The first-order chi connectivity index (χ1) is 14.1. The molecule has 0 radical (unpaired) electrons. The van der Waals surface area contributed by atoms with Gasteiger partial charge in [0.2, 0.25) is 5.88 Å². The Kier molecular flexibility index (Phi) is 7.77. The van der Waals surface area contributed by atoms with Crippen LogP contribution < -0.4 is 4.74 Å². The lowest BCUT2D eigenvalue weighted by Crippen LogP contribution is -2.10. The molecule has 0 spiro atoms. The van der Waals surface area contributed by atoms with Crippen molar-refractivity contribution in [2.45, 2.75) is 33.2 Å². The number of alkyl halides is 3. The van der Waals surface area contributed by atoms with Crippen LogP contribution >= 0.6 is 11.6 Å². The number of methoxy groups -OCH3 is 2. The van der Waals surface area contributed by atoms with Crippen molar-refractivity contribution in [2.24, 2.45) is 5.92 Å². The molecule has 0 aliphatic heterocycles. The summed E-state index contributed by atoms with van der Waals surface area (Å²) < 4.78 is 56.8. The van der Waals surface area contributed by atoms with Crippen LogP contribution in [0.5, 0.6) is 5.88 Å². The van der Waals surface area contributed by atoms with Gasteiger partial charge in [-0.05, 0) is 17.0 Å². The quantitative estimate of drug-likeness (QED) is 0.326. The van der Waals surface area contributed by atoms with Crippen LogP contribution in [-0.2, 0) is 33.6 Å². The molecule has 1 aromatic heterocycles. The molecular weight excluding hydrogens is 425 g/mol. The number of carbonyl (C=O) groups excluding carboxylic acids is 1. The smallest absolute Gasteiger partial charge is 0.424 e. The number of aromatic nitrogens is 2. The molecule has 0 aliphatic rings. The van der Waals surface area contributed by atoms with Gasteiger partial charge in [-0.1, -0.05) is 49.7 Å². The number of hydrogen-bond acceptors (Lipinski definition) is 5. The van der Waals surface area contributed by atoms with Crippen LogP contribution in [0.4, 0.5) is 13.2 Å². The molecule has 0 fully saturated rings. The van der Waals surface area contributed by atoms with Crippen molar-refractivity contribution in [1.29, 1.82) is 0 Å². The molecule has 2 rings (SSSR count). The number of halogens is 4. The average molecular weight is 447 g/mol. The van der Waals surface area contributed by atoms with Crippen LogP contribution in [0.1, 0.15) is 30.5 Å². The molecule has 0 unspecified atom stereocenters. The molecule has 0 aliphatic carbocycles. The predicted molar refractivity (Wildman–Crippen MR) is 105 cm³/mol. The molecule has 1 heterocycles. The summed E-state index contributed by atoms with van der Waals surface area (Å²) in [4.78, 5) is 12.1. The highest BCUT2D eigenvalue weighted by molar-refractivity contribution is 6.30. The van der Waals surface area contributed by atoms with Crippen LogP contribution in [0.15, 0.2) is 30.5 Å². The fraction of sp³-hybridized carbons (Fsp3) is 0.400. The van der Waals surface area contributed by atoms with Crippen molar-refractivity contribution in [3.05, 3.63) is 52.4 Å². The van der Waals surface area contributed by atoms with Gasteiger partial charge in [-0.3, -0.25) is 0 Å². The van der Waals surface area contributed by atoms with Gasteiger partial charge in [-0.2, -0.15) is 13.2 Å². The van der Waals surface area contributed by atoms with Crippen molar-refractivity contribution < 1.29 is 32.2 Å². The third-order valence-corrected chi connectivity index (χ3v) is 4.38. The molecule has 6 nitrogen and oxygen atoms in total. The van der Waals surface area contributed by atoms with Gasteiger partial charge in [-0.15, -0.1) is 5.10 Å². The molecule has 0 N–H and O–H groups in total. The summed E-state index contributed by atoms with van der Waals surface area (Å²) in [7, 11) is 2.57. The van der Waals surface area contributed by atoms with Crippen LogP contribution in [0.2, 0.25) is 5.15 Å². The van der Waals surface area contributed by atoms with E-state index in [0.29, 0.717) is 11.1 Å². The van der Waals surface area contributed by atoms with E-state index in [9.17, 15) is 18.0 Å². The van der Waals surface area contributed by atoms with E-state index in [4.69, 9.17) is 25.8 Å². The maximum Gasteiger partial charge on any atom is 0.424 e. The number of rotatable bonds is 8. The Bertz CT molecular complexity index is 923. The molecule has 2 aromatic rings. The van der Waals surface area contributed by atoms with Gasteiger partial charge >= 0.3 is 12.1 Å². The number of ether oxygens (including phenoxy) is 3. The number of esters is 1. The Morgan fingerprint density at radius 1 is 1.27 bits per heavy atom. The summed E-state index contributed by atoms with van der Waals surface area (Å²) in [6, 6.07) is 6.55. The van der Waals surface area contributed by atoms with Crippen LogP contribution in [0.3, 0.4) is 0 Å². The molecule has 0 bridgehead atoms. The topological polar surface area (TPSA) is 62.6 Å². The van der Waals surface area contributed by atoms with E-state index in [-0.39, 0.29) is 24.6 Å². The van der Waals surface area contributed by atoms with E-state index >= 15 is 0 Å². The van der Waals surface area contributed by atoms with Crippen LogP contribution in [0, 0.1) is 5.92 Å². The lowest BCUT2D eigenvalue weighted by Gasteiger charge is -2.13. The molecular formula is C20H22ClF3N2O4. The monoisotopic (exact) mass is 446 g/mol. The van der Waals surface area contributed by atoms with E-state index in [2.05, 4.69) is 5.10 Å². The predicted octanol–water partition coefficient (Wildman–Crippen LogP) is 4.95. The van der Waals surface area contributed by atoms with E-state index in [1.807, 2.05) is 13.8 Å². The molecule has 0 amide bonds. The van der Waals surface area contributed by atoms with E-state index in [1.54, 1.807) is 24.3 Å². The Morgan fingerprint density at radius 2 is 1.93 bits per heavy atom. The molecule has 0 saturated carbocycles. The fourth-order valence-corrected chi connectivity index (χ4v) is 3.03. The summed E-state index contributed by atoms with van der Waals surface area (Å²) in [5.74, 6) is -1.26. The van der Waals surface area contributed by atoms with Gasteiger partial charge < -0.3 is 14.2 Å². The summed E-state index contributed by atoms with van der Waals surface area (Å²) in [5, 5.41) is 3.37. The molecule has 30 heavy (non-hydrogen) atoms. The van der Waals surface area contributed by atoms with E-state index < -0.39 is 28.7 Å². The highest BCUT2D eigenvalue weighted by Gasteiger charge is 2.41. The normalized spacial score (nSPS) is 12.2. The number of benzene rings is 1. The zero-order valence-electron chi connectivity index (χ0n) is 16.9. The van der Waals surface area contributed by atoms with E-state index in [0.717, 1.165) is 4.68 Å². The third kappa shape index (κ3) is 5.47. The van der Waals surface area contributed by atoms with E-state index in [1.165, 1.54) is 20.5 Å². The first kappa shape index (κ1) is 23.6. The first-order valence-electron chi connectivity index (χ1n) is 8.96. The number of hydrogen-bond donors (Lipinski definition) is 0. The highest BCUT2D eigenvalue weighted by Crippen LogP contribution is 2.41. The molecule has 0 atom stereocenters. The maximum absolute atomic E-state index is 13.5. The Balaban J connectivity index is 2.41. The zero-order chi connectivity index (χ0) is 22.5. The lowest BCUT2D eigenvalue weighted by atomic mass is 10.0. The largest absolute Gasteiger partial charge is 0.503 e. The standard InChI is InChI=1S/C20H22ClF3N2O4/c1-12(2)9-26-17(21)16(20(22,23)24)18(25-26)30-10-13-7-5-6-8-14(13)15(11-28-3)19(27)29-4/h5-8,11-12H,9-10H2,1-4H3/b15-11+. The third-order valence-electron chi connectivity index (χ3n) is 3.99. The fourth-order valence-electron chi connectivity index (χ4n) is 2.73. The first-order valence-corrected chi connectivity index (χ1v) is 9.33. The Labute approximate surface area is 177 Å². The highest BCUT2D eigenvalue weighted by atomic mass is 35.5. The second kappa shape index (κ2) is 9.88. The molecule has 1 aromatic carbocycles. The second-order valence-electron chi connectivity index (χ2n) is 6.75. The van der Waals surface area contributed by atoms with Gasteiger partial charge in [0.05, 0.1) is 20.5 Å². The Hall–Kier alpha value is -2.68. The zero-order valence-corrected chi connectivity index (χ0v) is 17.7. The Morgan fingerprint density at radius 3 is 2.50 bits per heavy atom.